The minimum absolute atomic E-state index is 0.101. The molecule has 1 aromatic carbocycles. The predicted molar refractivity (Wildman–Crippen MR) is 71.3 cm³/mol. The summed E-state index contributed by atoms with van der Waals surface area (Å²) in [5.74, 6) is 0. The van der Waals surface area contributed by atoms with E-state index >= 15 is 0 Å². The van der Waals surface area contributed by atoms with Crippen molar-refractivity contribution in [2.75, 3.05) is 13.1 Å². The third-order valence-corrected chi connectivity index (χ3v) is 3.84. The van der Waals surface area contributed by atoms with E-state index < -0.39 is 0 Å². The summed E-state index contributed by atoms with van der Waals surface area (Å²) in [5.41, 5.74) is 1.03. The predicted octanol–water partition coefficient (Wildman–Crippen LogP) is 2.31. The lowest BCUT2D eigenvalue weighted by Gasteiger charge is -2.29. The number of hydrogen-bond donors (Lipinski definition) is 1. The highest BCUT2D eigenvalue weighted by atomic mass is 79.9. The van der Waals surface area contributed by atoms with Gasteiger partial charge in [-0.2, -0.15) is 0 Å². The number of aliphatic hydroxyl groups is 1. The van der Waals surface area contributed by atoms with Gasteiger partial charge in [0.2, 0.25) is 0 Å². The lowest BCUT2D eigenvalue weighted by molar-refractivity contribution is -0.385. The van der Waals surface area contributed by atoms with Crippen LogP contribution >= 0.6 is 15.9 Å². The van der Waals surface area contributed by atoms with Gasteiger partial charge in [0.15, 0.2) is 0 Å². The Balaban J connectivity index is 2.05. The Morgan fingerprint density at radius 3 is 2.72 bits per heavy atom. The van der Waals surface area contributed by atoms with Gasteiger partial charge in [0, 0.05) is 25.7 Å². The van der Waals surface area contributed by atoms with Crippen molar-refractivity contribution in [1.29, 1.82) is 0 Å². The van der Waals surface area contributed by atoms with Crippen LogP contribution in [0.1, 0.15) is 18.4 Å². The van der Waals surface area contributed by atoms with E-state index in [-0.39, 0.29) is 16.7 Å². The molecule has 1 aliphatic rings. The number of benzene rings is 1. The Labute approximate surface area is 114 Å². The van der Waals surface area contributed by atoms with E-state index in [0.717, 1.165) is 31.5 Å². The van der Waals surface area contributed by atoms with Crippen LogP contribution < -0.4 is 0 Å². The fourth-order valence-corrected chi connectivity index (χ4v) is 2.52. The van der Waals surface area contributed by atoms with E-state index in [1.54, 1.807) is 12.1 Å². The first-order valence-electron chi connectivity index (χ1n) is 5.89. The van der Waals surface area contributed by atoms with Crippen molar-refractivity contribution in [1.82, 2.24) is 4.90 Å². The maximum absolute atomic E-state index is 10.8. The number of aliphatic hydroxyl groups excluding tert-OH is 1. The summed E-state index contributed by atoms with van der Waals surface area (Å²) in [6.07, 6.45) is 1.36. The zero-order valence-corrected chi connectivity index (χ0v) is 11.5. The van der Waals surface area contributed by atoms with Crippen LogP contribution in [0.2, 0.25) is 0 Å². The standard InChI is InChI=1S/C12H15BrN2O3/c13-11-2-1-9(7-12(11)15(17)18)8-14-5-3-10(16)4-6-14/h1-2,7,10,16H,3-6,8H2. The monoisotopic (exact) mass is 314 g/mol. The first-order chi connectivity index (χ1) is 8.56. The molecule has 6 heteroatoms. The largest absolute Gasteiger partial charge is 0.393 e. The average Bonchev–Trinajstić information content (AvgIpc) is 2.34. The minimum Gasteiger partial charge on any atom is -0.393 e. The Morgan fingerprint density at radius 1 is 1.44 bits per heavy atom. The van der Waals surface area contributed by atoms with Gasteiger partial charge in [0.25, 0.3) is 5.69 Å². The highest BCUT2D eigenvalue weighted by Crippen LogP contribution is 2.26. The summed E-state index contributed by atoms with van der Waals surface area (Å²) < 4.78 is 0.505. The molecule has 98 valence electrons. The Bertz CT molecular complexity index is 445. The molecular weight excluding hydrogens is 300 g/mol. The zero-order valence-electron chi connectivity index (χ0n) is 9.88. The quantitative estimate of drug-likeness (QED) is 0.686. The van der Waals surface area contributed by atoms with Gasteiger partial charge in [-0.05, 0) is 40.4 Å². The van der Waals surface area contributed by atoms with Crippen LogP contribution in [0.3, 0.4) is 0 Å². The molecule has 0 aromatic heterocycles. The van der Waals surface area contributed by atoms with Gasteiger partial charge in [0.1, 0.15) is 0 Å². The second-order valence-electron chi connectivity index (χ2n) is 4.55. The molecule has 0 spiro atoms. The molecule has 18 heavy (non-hydrogen) atoms. The summed E-state index contributed by atoms with van der Waals surface area (Å²) in [6, 6.07) is 5.21. The van der Waals surface area contributed by atoms with Crippen LogP contribution in [0, 0.1) is 10.1 Å². The molecule has 0 atom stereocenters. The highest BCUT2D eigenvalue weighted by molar-refractivity contribution is 9.10. The van der Waals surface area contributed by atoms with Gasteiger partial charge < -0.3 is 5.11 Å². The fraction of sp³-hybridized carbons (Fsp3) is 0.500. The molecule has 0 bridgehead atoms. The number of likely N-dealkylation sites (tertiary alicyclic amines) is 1. The summed E-state index contributed by atoms with van der Waals surface area (Å²) in [4.78, 5) is 12.7. The molecule has 0 unspecified atom stereocenters. The second kappa shape index (κ2) is 5.77. The number of rotatable bonds is 3. The molecular formula is C12H15BrN2O3. The number of piperidine rings is 1. The number of nitrogens with zero attached hydrogens (tertiary/aromatic N) is 2. The Kier molecular flexibility index (Phi) is 4.31. The summed E-state index contributed by atoms with van der Waals surface area (Å²) in [6.45, 7) is 2.37. The van der Waals surface area contributed by atoms with Crippen LogP contribution in [0.15, 0.2) is 22.7 Å². The van der Waals surface area contributed by atoms with Gasteiger partial charge in [-0.3, -0.25) is 15.0 Å². The normalized spacial score (nSPS) is 17.9. The Morgan fingerprint density at radius 2 is 2.11 bits per heavy atom. The van der Waals surface area contributed by atoms with Crippen molar-refractivity contribution < 1.29 is 10.0 Å². The molecule has 0 saturated carbocycles. The van der Waals surface area contributed by atoms with Gasteiger partial charge >= 0.3 is 0 Å². The minimum atomic E-state index is -0.381. The lowest BCUT2D eigenvalue weighted by Crippen LogP contribution is -2.35. The molecule has 1 heterocycles. The van der Waals surface area contributed by atoms with Gasteiger partial charge in [-0.1, -0.05) is 6.07 Å². The molecule has 0 amide bonds. The van der Waals surface area contributed by atoms with Gasteiger partial charge in [-0.15, -0.1) is 0 Å². The maximum atomic E-state index is 10.8. The summed E-state index contributed by atoms with van der Waals surface area (Å²) >= 11 is 3.18. The topological polar surface area (TPSA) is 66.6 Å². The van der Waals surface area contributed by atoms with E-state index in [2.05, 4.69) is 20.8 Å². The first kappa shape index (κ1) is 13.5. The first-order valence-corrected chi connectivity index (χ1v) is 6.69. The van der Waals surface area contributed by atoms with Crippen LogP contribution in [0.5, 0.6) is 0 Å². The van der Waals surface area contributed by atoms with Gasteiger partial charge in [0.05, 0.1) is 15.5 Å². The van der Waals surface area contributed by atoms with Gasteiger partial charge in [-0.25, -0.2) is 0 Å². The summed E-state index contributed by atoms with van der Waals surface area (Å²) in [5, 5.41) is 20.3. The zero-order chi connectivity index (χ0) is 13.1. The molecule has 0 aliphatic carbocycles. The van der Waals surface area contributed by atoms with Crippen LogP contribution in [-0.4, -0.2) is 34.1 Å². The number of nitro benzene ring substituents is 1. The van der Waals surface area contributed by atoms with Crippen molar-refractivity contribution in [3.63, 3.8) is 0 Å². The smallest absolute Gasteiger partial charge is 0.283 e. The molecule has 1 fully saturated rings. The number of nitro groups is 1. The fourth-order valence-electron chi connectivity index (χ4n) is 2.13. The molecule has 5 nitrogen and oxygen atoms in total. The van der Waals surface area contributed by atoms with Crippen molar-refractivity contribution in [3.05, 3.63) is 38.3 Å². The molecule has 1 saturated heterocycles. The molecule has 0 radical (unpaired) electrons. The van der Waals surface area contributed by atoms with Crippen LogP contribution in [-0.2, 0) is 6.54 Å². The van der Waals surface area contributed by atoms with Crippen LogP contribution in [0.4, 0.5) is 5.69 Å². The molecule has 1 aliphatic heterocycles. The summed E-state index contributed by atoms with van der Waals surface area (Å²) in [7, 11) is 0. The highest BCUT2D eigenvalue weighted by Gasteiger charge is 2.18. The Hall–Kier alpha value is -0.980. The van der Waals surface area contributed by atoms with E-state index in [4.69, 9.17) is 0 Å². The third kappa shape index (κ3) is 3.28. The van der Waals surface area contributed by atoms with Crippen molar-refractivity contribution in [3.8, 4) is 0 Å². The van der Waals surface area contributed by atoms with E-state index in [1.165, 1.54) is 0 Å². The van der Waals surface area contributed by atoms with Crippen molar-refractivity contribution in [2.45, 2.75) is 25.5 Å². The third-order valence-electron chi connectivity index (χ3n) is 3.17. The number of hydrogen-bond acceptors (Lipinski definition) is 4. The molecule has 1 N–H and O–H groups in total. The van der Waals surface area contributed by atoms with E-state index in [0.29, 0.717) is 11.0 Å². The maximum Gasteiger partial charge on any atom is 0.283 e. The second-order valence-corrected chi connectivity index (χ2v) is 5.40. The lowest BCUT2D eigenvalue weighted by atomic mass is 10.1. The van der Waals surface area contributed by atoms with Crippen LogP contribution in [0.25, 0.3) is 0 Å². The number of halogens is 1. The van der Waals surface area contributed by atoms with E-state index in [1.807, 2.05) is 6.07 Å². The SMILES string of the molecule is O=[N+]([O-])c1cc(CN2CCC(O)CC2)ccc1Br. The van der Waals surface area contributed by atoms with Crippen molar-refractivity contribution >= 4 is 21.6 Å². The van der Waals surface area contributed by atoms with E-state index in [9.17, 15) is 15.2 Å². The molecule has 2 rings (SSSR count). The van der Waals surface area contributed by atoms with Crippen molar-refractivity contribution in [2.24, 2.45) is 0 Å². The average molecular weight is 315 g/mol. The molecule has 1 aromatic rings.